The summed E-state index contributed by atoms with van der Waals surface area (Å²) in [6.45, 7) is 3.42. The van der Waals surface area contributed by atoms with E-state index in [9.17, 15) is 14.7 Å². The highest BCUT2D eigenvalue weighted by Gasteiger charge is 2.45. The van der Waals surface area contributed by atoms with Gasteiger partial charge in [-0.1, -0.05) is 6.92 Å². The molecule has 1 aliphatic heterocycles. The van der Waals surface area contributed by atoms with Crippen LogP contribution in [0.2, 0.25) is 0 Å². The van der Waals surface area contributed by atoms with E-state index in [1.54, 1.807) is 55.9 Å². The second-order valence-corrected chi connectivity index (χ2v) is 6.99. The van der Waals surface area contributed by atoms with Gasteiger partial charge in [-0.3, -0.25) is 14.6 Å². The summed E-state index contributed by atoms with van der Waals surface area (Å²) in [5, 5.41) is 11.0. The summed E-state index contributed by atoms with van der Waals surface area (Å²) < 4.78 is 10.7. The SMILES string of the molecule is CCCOc1ccc(/C(O)=C2\C(=O)C(=O)N(CCCOC)[C@H]2c2ccncc2)cc1. The second kappa shape index (κ2) is 10.0. The van der Waals surface area contributed by atoms with Crippen molar-refractivity contribution in [3.05, 3.63) is 65.5 Å². The van der Waals surface area contributed by atoms with E-state index in [0.29, 0.717) is 43.1 Å². The van der Waals surface area contributed by atoms with Crippen LogP contribution < -0.4 is 4.74 Å². The number of pyridine rings is 1. The van der Waals surface area contributed by atoms with Crippen LogP contribution in [0.25, 0.3) is 5.76 Å². The minimum Gasteiger partial charge on any atom is -0.507 e. The molecule has 1 saturated heterocycles. The number of hydrogen-bond acceptors (Lipinski definition) is 6. The first-order chi connectivity index (χ1) is 14.6. The van der Waals surface area contributed by atoms with Crippen molar-refractivity contribution in [3.8, 4) is 5.75 Å². The first-order valence-electron chi connectivity index (χ1n) is 9.99. The number of ketones is 1. The largest absolute Gasteiger partial charge is 0.507 e. The number of nitrogens with zero attached hydrogens (tertiary/aromatic N) is 2. The van der Waals surface area contributed by atoms with Crippen LogP contribution in [0.5, 0.6) is 5.75 Å². The van der Waals surface area contributed by atoms with Gasteiger partial charge in [-0.2, -0.15) is 0 Å². The van der Waals surface area contributed by atoms with E-state index in [0.717, 1.165) is 6.42 Å². The van der Waals surface area contributed by atoms with Gasteiger partial charge in [0.2, 0.25) is 0 Å². The van der Waals surface area contributed by atoms with Gasteiger partial charge in [-0.05, 0) is 54.8 Å². The van der Waals surface area contributed by atoms with Gasteiger partial charge in [-0.25, -0.2) is 0 Å². The number of hydrogen-bond donors (Lipinski definition) is 1. The molecule has 0 radical (unpaired) electrons. The quantitative estimate of drug-likeness (QED) is 0.295. The van der Waals surface area contributed by atoms with E-state index in [4.69, 9.17) is 9.47 Å². The van der Waals surface area contributed by atoms with Crippen molar-refractivity contribution in [2.24, 2.45) is 0 Å². The average Bonchev–Trinajstić information content (AvgIpc) is 3.03. The van der Waals surface area contributed by atoms with Crippen molar-refractivity contribution < 1.29 is 24.2 Å². The lowest BCUT2D eigenvalue weighted by Crippen LogP contribution is -2.31. The van der Waals surface area contributed by atoms with Gasteiger partial charge in [0, 0.05) is 38.2 Å². The smallest absolute Gasteiger partial charge is 0.295 e. The molecule has 30 heavy (non-hydrogen) atoms. The maximum atomic E-state index is 12.9. The number of aliphatic hydroxyl groups excluding tert-OH is 1. The first-order valence-corrected chi connectivity index (χ1v) is 9.99. The predicted molar refractivity (Wildman–Crippen MR) is 112 cm³/mol. The van der Waals surface area contributed by atoms with Crippen molar-refractivity contribution in [3.63, 3.8) is 0 Å². The molecule has 1 fully saturated rings. The maximum absolute atomic E-state index is 12.9. The fourth-order valence-corrected chi connectivity index (χ4v) is 3.47. The molecule has 0 unspecified atom stereocenters. The number of rotatable bonds is 9. The fraction of sp³-hybridized carbons (Fsp3) is 0.348. The number of Topliss-reactive ketones (excluding diaryl/α,β-unsaturated/α-hetero) is 1. The van der Waals surface area contributed by atoms with Crippen LogP contribution in [0.3, 0.4) is 0 Å². The highest BCUT2D eigenvalue weighted by Crippen LogP contribution is 2.39. The van der Waals surface area contributed by atoms with Crippen LogP contribution in [0.4, 0.5) is 0 Å². The minimum absolute atomic E-state index is 0.0749. The Morgan fingerprint density at radius 3 is 2.43 bits per heavy atom. The van der Waals surface area contributed by atoms with Gasteiger partial charge in [0.25, 0.3) is 11.7 Å². The Morgan fingerprint density at radius 2 is 1.80 bits per heavy atom. The Morgan fingerprint density at radius 1 is 1.10 bits per heavy atom. The van der Waals surface area contributed by atoms with Gasteiger partial charge in [0.15, 0.2) is 0 Å². The molecule has 1 atom stereocenters. The molecule has 1 aliphatic rings. The Balaban J connectivity index is 2.00. The summed E-state index contributed by atoms with van der Waals surface area (Å²) in [6, 6.07) is 9.65. The lowest BCUT2D eigenvalue weighted by molar-refractivity contribution is -0.140. The average molecular weight is 410 g/mol. The molecule has 1 aromatic carbocycles. The topological polar surface area (TPSA) is 89.0 Å². The molecule has 7 heteroatoms. The third kappa shape index (κ3) is 4.52. The summed E-state index contributed by atoms with van der Waals surface area (Å²) in [5.74, 6) is -0.846. The zero-order valence-corrected chi connectivity index (χ0v) is 17.2. The molecule has 0 spiro atoms. The zero-order valence-electron chi connectivity index (χ0n) is 17.2. The summed E-state index contributed by atoms with van der Waals surface area (Å²) in [4.78, 5) is 31.1. The van der Waals surface area contributed by atoms with Gasteiger partial charge in [-0.15, -0.1) is 0 Å². The van der Waals surface area contributed by atoms with Crippen molar-refractivity contribution in [1.29, 1.82) is 0 Å². The summed E-state index contributed by atoms with van der Waals surface area (Å²) in [6.07, 6.45) is 4.67. The lowest BCUT2D eigenvalue weighted by atomic mass is 9.96. The van der Waals surface area contributed by atoms with E-state index in [1.165, 1.54) is 4.90 Å². The molecule has 158 valence electrons. The van der Waals surface area contributed by atoms with Crippen LogP contribution >= 0.6 is 0 Å². The molecule has 7 nitrogen and oxygen atoms in total. The minimum atomic E-state index is -0.696. The molecule has 0 aliphatic carbocycles. The van der Waals surface area contributed by atoms with Crippen LogP contribution in [0.1, 0.15) is 36.9 Å². The number of carbonyl (C=O) groups excluding carboxylic acids is 2. The van der Waals surface area contributed by atoms with Gasteiger partial charge < -0.3 is 19.5 Å². The molecular weight excluding hydrogens is 384 g/mol. The lowest BCUT2D eigenvalue weighted by Gasteiger charge is -2.25. The number of ether oxygens (including phenoxy) is 2. The van der Waals surface area contributed by atoms with Crippen molar-refractivity contribution in [2.75, 3.05) is 26.9 Å². The zero-order chi connectivity index (χ0) is 21.5. The molecule has 1 amide bonds. The first kappa shape index (κ1) is 21.5. The fourth-order valence-electron chi connectivity index (χ4n) is 3.47. The number of benzene rings is 1. The molecular formula is C23H26N2O5. The van der Waals surface area contributed by atoms with E-state index >= 15 is 0 Å². The molecule has 3 rings (SSSR count). The Labute approximate surface area is 175 Å². The number of aliphatic hydroxyl groups is 1. The van der Waals surface area contributed by atoms with E-state index in [1.807, 2.05) is 6.92 Å². The number of aromatic nitrogens is 1. The highest BCUT2D eigenvalue weighted by molar-refractivity contribution is 6.46. The normalized spacial score (nSPS) is 18.1. The van der Waals surface area contributed by atoms with Gasteiger partial charge in [0.05, 0.1) is 18.2 Å². The number of methoxy groups -OCH3 is 1. The predicted octanol–water partition coefficient (Wildman–Crippen LogP) is 3.33. The van der Waals surface area contributed by atoms with Crippen molar-refractivity contribution in [2.45, 2.75) is 25.8 Å². The molecule has 1 N–H and O–H groups in total. The third-order valence-electron chi connectivity index (χ3n) is 4.91. The number of likely N-dealkylation sites (tertiary alicyclic amines) is 1. The van der Waals surface area contributed by atoms with Crippen LogP contribution in [0, 0.1) is 0 Å². The molecule has 0 saturated carbocycles. The molecule has 0 bridgehead atoms. The van der Waals surface area contributed by atoms with E-state index < -0.39 is 17.7 Å². The molecule has 1 aromatic heterocycles. The van der Waals surface area contributed by atoms with E-state index in [2.05, 4.69) is 4.98 Å². The summed E-state index contributed by atoms with van der Waals surface area (Å²) in [7, 11) is 1.59. The monoisotopic (exact) mass is 410 g/mol. The summed E-state index contributed by atoms with van der Waals surface area (Å²) >= 11 is 0. The number of amides is 1. The van der Waals surface area contributed by atoms with Crippen molar-refractivity contribution in [1.82, 2.24) is 9.88 Å². The summed E-state index contributed by atoms with van der Waals surface area (Å²) in [5.41, 5.74) is 1.24. The van der Waals surface area contributed by atoms with Gasteiger partial charge >= 0.3 is 0 Å². The highest BCUT2D eigenvalue weighted by atomic mass is 16.5. The van der Waals surface area contributed by atoms with Crippen LogP contribution in [-0.4, -0.2) is 53.5 Å². The van der Waals surface area contributed by atoms with Crippen LogP contribution in [0.15, 0.2) is 54.4 Å². The Kier molecular flexibility index (Phi) is 7.19. The van der Waals surface area contributed by atoms with Crippen LogP contribution in [-0.2, 0) is 14.3 Å². The van der Waals surface area contributed by atoms with E-state index in [-0.39, 0.29) is 11.3 Å². The Bertz CT molecular complexity index is 909. The second-order valence-electron chi connectivity index (χ2n) is 6.99. The van der Waals surface area contributed by atoms with Gasteiger partial charge in [0.1, 0.15) is 11.5 Å². The Hall–Kier alpha value is -3.19. The maximum Gasteiger partial charge on any atom is 0.295 e. The molecule has 2 aromatic rings. The molecule has 2 heterocycles. The third-order valence-corrected chi connectivity index (χ3v) is 4.91. The standard InChI is InChI=1S/C23H26N2O5/c1-3-14-30-18-7-5-17(6-8-18)21(26)19-20(16-9-11-24-12-10-16)25(13-4-15-29-2)23(28)22(19)27/h5-12,20,26H,3-4,13-15H2,1-2H3/b21-19+/t20-/m0/s1. The van der Waals surface area contributed by atoms with Crippen molar-refractivity contribution >= 4 is 17.4 Å². The number of carbonyl (C=O) groups is 2.